The van der Waals surface area contributed by atoms with Gasteiger partial charge in [0.1, 0.15) is 5.52 Å². The van der Waals surface area contributed by atoms with Gasteiger partial charge in [-0.25, -0.2) is 9.78 Å². The van der Waals surface area contributed by atoms with E-state index in [4.69, 9.17) is 14.9 Å². The predicted molar refractivity (Wildman–Crippen MR) is 78.7 cm³/mol. The van der Waals surface area contributed by atoms with E-state index in [9.17, 15) is 4.79 Å². The molecule has 0 aliphatic rings. The van der Waals surface area contributed by atoms with Crippen LogP contribution >= 0.6 is 0 Å². The number of aromatic nitrogens is 1. The number of carbonyl (C=O) groups is 1. The third-order valence-corrected chi connectivity index (χ3v) is 3.21. The number of esters is 1. The number of nitrogen functional groups attached to an aromatic ring is 1. The minimum absolute atomic E-state index is 0.0269. The normalized spacial score (nSPS) is 10.7. The number of aryl methyl sites for hydroxylation is 1. The van der Waals surface area contributed by atoms with E-state index in [1.807, 2.05) is 37.3 Å². The van der Waals surface area contributed by atoms with Crippen LogP contribution in [0.4, 0.5) is 5.69 Å². The van der Waals surface area contributed by atoms with Crippen LogP contribution in [0.2, 0.25) is 0 Å². The first-order chi connectivity index (χ1) is 10.1. The fourth-order valence-corrected chi connectivity index (χ4v) is 2.05. The molecule has 0 aliphatic heterocycles. The number of fused-ring (bicyclic) bond motifs is 1. The fraction of sp³-hybridized carbons (Fsp3) is 0.125. The van der Waals surface area contributed by atoms with E-state index in [0.717, 1.165) is 11.1 Å². The Labute approximate surface area is 121 Å². The van der Waals surface area contributed by atoms with Crippen LogP contribution in [-0.2, 0) is 11.3 Å². The van der Waals surface area contributed by atoms with Crippen LogP contribution in [0.25, 0.3) is 11.1 Å². The lowest BCUT2D eigenvalue weighted by Crippen LogP contribution is -2.09. The number of anilines is 1. The van der Waals surface area contributed by atoms with Crippen LogP contribution in [0.1, 0.15) is 21.8 Å². The maximum atomic E-state index is 12.0. The van der Waals surface area contributed by atoms with Gasteiger partial charge in [0.2, 0.25) is 5.89 Å². The van der Waals surface area contributed by atoms with Gasteiger partial charge in [-0.05, 0) is 30.7 Å². The van der Waals surface area contributed by atoms with Crippen molar-refractivity contribution in [2.24, 2.45) is 0 Å². The van der Waals surface area contributed by atoms with Gasteiger partial charge in [-0.2, -0.15) is 0 Å². The molecule has 21 heavy (non-hydrogen) atoms. The lowest BCUT2D eigenvalue weighted by atomic mass is 10.1. The summed E-state index contributed by atoms with van der Waals surface area (Å²) in [5, 5.41) is 0. The first-order valence-electron chi connectivity index (χ1n) is 6.52. The highest BCUT2D eigenvalue weighted by molar-refractivity contribution is 5.95. The first-order valence-corrected chi connectivity index (χ1v) is 6.52. The summed E-state index contributed by atoms with van der Waals surface area (Å²) in [6, 6.07) is 12.6. The second kappa shape index (κ2) is 5.28. The zero-order valence-electron chi connectivity index (χ0n) is 11.5. The SMILES string of the molecule is Cc1cccc(C(=O)OCc2nc3ccccc3o2)c1N. The van der Waals surface area contributed by atoms with Gasteiger partial charge in [0.05, 0.1) is 5.56 Å². The average molecular weight is 282 g/mol. The molecule has 1 aromatic heterocycles. The predicted octanol–water partition coefficient (Wildman–Crippen LogP) is 3.08. The molecule has 1 heterocycles. The molecule has 2 aromatic carbocycles. The maximum absolute atomic E-state index is 12.0. The molecule has 5 heteroatoms. The highest BCUT2D eigenvalue weighted by Crippen LogP contribution is 2.19. The molecule has 0 saturated heterocycles. The van der Waals surface area contributed by atoms with Crippen LogP contribution in [0.3, 0.4) is 0 Å². The number of oxazole rings is 1. The highest BCUT2D eigenvalue weighted by Gasteiger charge is 2.14. The Morgan fingerprint density at radius 1 is 1.24 bits per heavy atom. The number of rotatable bonds is 3. The zero-order valence-corrected chi connectivity index (χ0v) is 11.5. The highest BCUT2D eigenvalue weighted by atomic mass is 16.5. The summed E-state index contributed by atoms with van der Waals surface area (Å²) < 4.78 is 10.7. The molecule has 3 rings (SSSR count). The topological polar surface area (TPSA) is 78.3 Å². The molecule has 0 spiro atoms. The zero-order chi connectivity index (χ0) is 14.8. The van der Waals surface area contributed by atoms with Gasteiger partial charge in [0, 0.05) is 5.69 Å². The lowest BCUT2D eigenvalue weighted by molar-refractivity contribution is 0.0441. The van der Waals surface area contributed by atoms with Gasteiger partial charge >= 0.3 is 5.97 Å². The second-order valence-electron chi connectivity index (χ2n) is 4.69. The Morgan fingerprint density at radius 3 is 2.86 bits per heavy atom. The molecule has 0 radical (unpaired) electrons. The second-order valence-corrected chi connectivity index (χ2v) is 4.69. The molecule has 0 atom stereocenters. The van der Waals surface area contributed by atoms with Gasteiger partial charge in [-0.1, -0.05) is 24.3 Å². The smallest absolute Gasteiger partial charge is 0.340 e. The monoisotopic (exact) mass is 282 g/mol. The molecule has 0 saturated carbocycles. The minimum Gasteiger partial charge on any atom is -0.452 e. The maximum Gasteiger partial charge on any atom is 0.340 e. The Morgan fingerprint density at radius 2 is 2.05 bits per heavy atom. The quantitative estimate of drug-likeness (QED) is 0.590. The number of carbonyl (C=O) groups excluding carboxylic acids is 1. The van der Waals surface area contributed by atoms with Gasteiger partial charge in [-0.3, -0.25) is 0 Å². The number of para-hydroxylation sites is 3. The van der Waals surface area contributed by atoms with Crippen molar-refractivity contribution in [2.75, 3.05) is 5.73 Å². The Hall–Kier alpha value is -2.82. The summed E-state index contributed by atoms with van der Waals surface area (Å²) in [4.78, 5) is 16.3. The molecule has 0 aliphatic carbocycles. The lowest BCUT2D eigenvalue weighted by Gasteiger charge is -2.07. The number of nitrogens with two attached hydrogens (primary N) is 1. The van der Waals surface area contributed by atoms with E-state index >= 15 is 0 Å². The van der Waals surface area contributed by atoms with Crippen molar-refractivity contribution < 1.29 is 13.9 Å². The molecule has 5 nitrogen and oxygen atoms in total. The molecule has 2 N–H and O–H groups in total. The van der Waals surface area contributed by atoms with Crippen LogP contribution in [0, 0.1) is 6.92 Å². The van der Waals surface area contributed by atoms with Gasteiger partial charge < -0.3 is 14.9 Å². The molecule has 0 fully saturated rings. The molecule has 0 bridgehead atoms. The number of hydrogen-bond donors (Lipinski definition) is 1. The van der Waals surface area contributed by atoms with Crippen LogP contribution in [0.15, 0.2) is 46.9 Å². The standard InChI is InChI=1S/C16H14N2O3/c1-10-5-4-6-11(15(10)17)16(19)20-9-14-18-12-7-2-3-8-13(12)21-14/h2-8H,9,17H2,1H3. The van der Waals surface area contributed by atoms with Crippen molar-refractivity contribution in [2.45, 2.75) is 13.5 Å². The van der Waals surface area contributed by atoms with Crippen LogP contribution < -0.4 is 5.73 Å². The summed E-state index contributed by atoms with van der Waals surface area (Å²) in [7, 11) is 0. The summed E-state index contributed by atoms with van der Waals surface area (Å²) in [6.07, 6.45) is 0. The van der Waals surface area contributed by atoms with Crippen molar-refractivity contribution in [1.82, 2.24) is 4.98 Å². The molecule has 0 amide bonds. The summed E-state index contributed by atoms with van der Waals surface area (Å²) in [5.41, 5.74) is 8.90. The van der Waals surface area contributed by atoms with Gasteiger partial charge in [0.15, 0.2) is 12.2 Å². The van der Waals surface area contributed by atoms with Crippen molar-refractivity contribution in [3.05, 3.63) is 59.5 Å². The van der Waals surface area contributed by atoms with Crippen molar-refractivity contribution in [3.8, 4) is 0 Å². The summed E-state index contributed by atoms with van der Waals surface area (Å²) >= 11 is 0. The Kier molecular flexibility index (Phi) is 3.31. The first kappa shape index (κ1) is 13.2. The van der Waals surface area contributed by atoms with Crippen LogP contribution in [0.5, 0.6) is 0 Å². The van der Waals surface area contributed by atoms with E-state index < -0.39 is 5.97 Å². The molecular formula is C16H14N2O3. The number of benzene rings is 2. The van der Waals surface area contributed by atoms with E-state index in [0.29, 0.717) is 22.7 Å². The number of ether oxygens (including phenoxy) is 1. The molecule has 3 aromatic rings. The van der Waals surface area contributed by atoms with E-state index in [-0.39, 0.29) is 6.61 Å². The van der Waals surface area contributed by atoms with Gasteiger partial charge in [0.25, 0.3) is 0 Å². The Bertz CT molecular complexity index is 775. The molecule has 106 valence electrons. The number of hydrogen-bond acceptors (Lipinski definition) is 5. The summed E-state index contributed by atoms with van der Waals surface area (Å²) in [6.45, 7) is 1.81. The van der Waals surface area contributed by atoms with E-state index in [1.54, 1.807) is 12.1 Å². The third-order valence-electron chi connectivity index (χ3n) is 3.21. The Balaban J connectivity index is 1.75. The number of nitrogens with zero attached hydrogens (tertiary/aromatic N) is 1. The van der Waals surface area contributed by atoms with E-state index in [2.05, 4.69) is 4.98 Å². The van der Waals surface area contributed by atoms with Crippen molar-refractivity contribution >= 4 is 22.8 Å². The minimum atomic E-state index is -0.488. The van der Waals surface area contributed by atoms with Crippen molar-refractivity contribution in [1.29, 1.82) is 0 Å². The van der Waals surface area contributed by atoms with E-state index in [1.165, 1.54) is 0 Å². The molecular weight excluding hydrogens is 268 g/mol. The fourth-order valence-electron chi connectivity index (χ4n) is 2.05. The third kappa shape index (κ3) is 2.58. The largest absolute Gasteiger partial charge is 0.452 e. The van der Waals surface area contributed by atoms with Crippen LogP contribution in [-0.4, -0.2) is 11.0 Å². The molecule has 0 unspecified atom stereocenters. The van der Waals surface area contributed by atoms with Gasteiger partial charge in [-0.15, -0.1) is 0 Å². The van der Waals surface area contributed by atoms with Crippen molar-refractivity contribution in [3.63, 3.8) is 0 Å². The summed E-state index contributed by atoms with van der Waals surface area (Å²) in [5.74, 6) is -0.130. The average Bonchev–Trinajstić information content (AvgIpc) is 2.90.